The van der Waals surface area contributed by atoms with Crippen molar-refractivity contribution in [2.75, 3.05) is 12.4 Å². The van der Waals surface area contributed by atoms with Crippen LogP contribution in [0.15, 0.2) is 54.7 Å². The number of nitrogens with zero attached hydrogens (tertiary/aromatic N) is 1. The first-order valence-electron chi connectivity index (χ1n) is 8.09. The molecule has 0 aliphatic carbocycles. The molecule has 0 aliphatic rings. The molecule has 0 fully saturated rings. The molecule has 0 unspecified atom stereocenters. The summed E-state index contributed by atoms with van der Waals surface area (Å²) in [6.45, 7) is 4.65. The maximum atomic E-state index is 12.3. The molecule has 3 aromatic rings. The summed E-state index contributed by atoms with van der Waals surface area (Å²) in [5, 5.41) is 4.08. The SMILES string of the molecule is COc1ccc(NC(=O)Cn2ccc3cc(C(C)C)ccc32)cc1. The first kappa shape index (κ1) is 16.1. The standard InChI is InChI=1S/C20H22N2O2/c1-14(2)15-4-9-19-16(12-15)10-11-22(19)13-20(23)21-17-5-7-18(24-3)8-6-17/h4-12,14H,13H2,1-3H3,(H,21,23). The highest BCUT2D eigenvalue weighted by Gasteiger charge is 2.08. The molecule has 3 rings (SSSR count). The van der Waals surface area contributed by atoms with E-state index in [1.165, 1.54) is 10.9 Å². The first-order valence-corrected chi connectivity index (χ1v) is 8.09. The fraction of sp³-hybridized carbons (Fsp3) is 0.250. The Bertz CT molecular complexity index is 848. The second-order valence-electron chi connectivity index (χ2n) is 6.19. The van der Waals surface area contributed by atoms with Gasteiger partial charge >= 0.3 is 0 Å². The molecular weight excluding hydrogens is 300 g/mol. The Balaban J connectivity index is 1.73. The van der Waals surface area contributed by atoms with Gasteiger partial charge in [0.1, 0.15) is 12.3 Å². The van der Waals surface area contributed by atoms with Crippen LogP contribution in [0.25, 0.3) is 10.9 Å². The molecule has 0 bridgehead atoms. The Kier molecular flexibility index (Phi) is 4.56. The molecule has 0 radical (unpaired) electrons. The number of methoxy groups -OCH3 is 1. The number of anilines is 1. The highest BCUT2D eigenvalue weighted by Crippen LogP contribution is 2.22. The molecule has 4 nitrogen and oxygen atoms in total. The molecule has 124 valence electrons. The zero-order valence-corrected chi connectivity index (χ0v) is 14.2. The topological polar surface area (TPSA) is 43.3 Å². The summed E-state index contributed by atoms with van der Waals surface area (Å²) in [5.74, 6) is 1.21. The summed E-state index contributed by atoms with van der Waals surface area (Å²) in [5.41, 5.74) is 3.14. The van der Waals surface area contributed by atoms with Crippen LogP contribution in [0, 0.1) is 0 Å². The molecular formula is C20H22N2O2. The first-order chi connectivity index (χ1) is 11.6. The molecule has 1 amide bonds. The van der Waals surface area contributed by atoms with Crippen molar-refractivity contribution in [3.8, 4) is 5.75 Å². The normalized spacial score (nSPS) is 11.0. The van der Waals surface area contributed by atoms with Crippen molar-refractivity contribution in [1.82, 2.24) is 4.57 Å². The molecule has 0 atom stereocenters. The van der Waals surface area contributed by atoms with Crippen molar-refractivity contribution in [3.05, 3.63) is 60.3 Å². The van der Waals surface area contributed by atoms with Crippen LogP contribution in [-0.2, 0) is 11.3 Å². The third-order valence-corrected chi connectivity index (χ3v) is 4.15. The van der Waals surface area contributed by atoms with Gasteiger partial charge in [0.15, 0.2) is 0 Å². The van der Waals surface area contributed by atoms with Crippen LogP contribution in [0.1, 0.15) is 25.3 Å². The van der Waals surface area contributed by atoms with E-state index in [4.69, 9.17) is 4.74 Å². The molecule has 0 aliphatic heterocycles. The summed E-state index contributed by atoms with van der Waals surface area (Å²) in [7, 11) is 1.62. The van der Waals surface area contributed by atoms with Crippen LogP contribution in [0.2, 0.25) is 0 Å². The van der Waals surface area contributed by atoms with Gasteiger partial charge in [0.2, 0.25) is 5.91 Å². The number of carbonyl (C=O) groups excluding carboxylic acids is 1. The quantitative estimate of drug-likeness (QED) is 0.756. The summed E-state index contributed by atoms with van der Waals surface area (Å²) in [6, 6.07) is 15.8. The fourth-order valence-electron chi connectivity index (χ4n) is 2.75. The van der Waals surface area contributed by atoms with Crippen LogP contribution < -0.4 is 10.1 Å². The zero-order valence-electron chi connectivity index (χ0n) is 14.2. The Morgan fingerprint density at radius 2 is 1.88 bits per heavy atom. The lowest BCUT2D eigenvalue weighted by Crippen LogP contribution is -2.18. The third-order valence-electron chi connectivity index (χ3n) is 4.15. The molecule has 0 spiro atoms. The maximum Gasteiger partial charge on any atom is 0.244 e. The molecule has 1 N–H and O–H groups in total. The largest absolute Gasteiger partial charge is 0.497 e. The lowest BCUT2D eigenvalue weighted by Gasteiger charge is -2.09. The fourth-order valence-corrected chi connectivity index (χ4v) is 2.75. The lowest BCUT2D eigenvalue weighted by atomic mass is 10.0. The smallest absolute Gasteiger partial charge is 0.244 e. The van der Waals surface area contributed by atoms with Crippen molar-refractivity contribution in [2.45, 2.75) is 26.3 Å². The molecule has 0 saturated carbocycles. The summed E-state index contributed by atoms with van der Waals surface area (Å²) in [4.78, 5) is 12.3. The number of ether oxygens (including phenoxy) is 1. The van der Waals surface area contributed by atoms with Crippen LogP contribution in [0.3, 0.4) is 0 Å². The Hall–Kier alpha value is -2.75. The Labute approximate surface area is 142 Å². The van der Waals surface area contributed by atoms with Crippen molar-refractivity contribution in [3.63, 3.8) is 0 Å². The zero-order chi connectivity index (χ0) is 17.1. The van der Waals surface area contributed by atoms with Gasteiger partial charge in [-0.05, 0) is 59.3 Å². The summed E-state index contributed by atoms with van der Waals surface area (Å²) >= 11 is 0. The second-order valence-corrected chi connectivity index (χ2v) is 6.19. The van der Waals surface area contributed by atoms with Gasteiger partial charge in [0.25, 0.3) is 0 Å². The van der Waals surface area contributed by atoms with Crippen LogP contribution in [0.4, 0.5) is 5.69 Å². The third kappa shape index (κ3) is 3.43. The van der Waals surface area contributed by atoms with Gasteiger partial charge in [0, 0.05) is 17.4 Å². The Morgan fingerprint density at radius 1 is 1.12 bits per heavy atom. The number of hydrogen-bond donors (Lipinski definition) is 1. The van der Waals surface area contributed by atoms with Crippen LogP contribution in [0.5, 0.6) is 5.75 Å². The van der Waals surface area contributed by atoms with Gasteiger partial charge in [-0.1, -0.05) is 19.9 Å². The van der Waals surface area contributed by atoms with E-state index in [1.54, 1.807) is 7.11 Å². The maximum absolute atomic E-state index is 12.3. The lowest BCUT2D eigenvalue weighted by molar-refractivity contribution is -0.116. The van der Waals surface area contributed by atoms with E-state index in [1.807, 2.05) is 35.0 Å². The minimum Gasteiger partial charge on any atom is -0.497 e. The number of carbonyl (C=O) groups is 1. The molecule has 1 aromatic heterocycles. The average molecular weight is 322 g/mol. The number of hydrogen-bond acceptors (Lipinski definition) is 2. The van der Waals surface area contributed by atoms with Crippen LogP contribution >= 0.6 is 0 Å². The molecule has 1 heterocycles. The van der Waals surface area contributed by atoms with Crippen molar-refractivity contribution in [2.24, 2.45) is 0 Å². The number of benzene rings is 2. The molecule has 4 heteroatoms. The predicted octanol–water partition coefficient (Wildman–Crippen LogP) is 4.41. The van der Waals surface area contributed by atoms with E-state index in [0.29, 0.717) is 5.92 Å². The van der Waals surface area contributed by atoms with E-state index < -0.39 is 0 Å². The van der Waals surface area contributed by atoms with Gasteiger partial charge in [-0.2, -0.15) is 0 Å². The van der Waals surface area contributed by atoms with Crippen molar-refractivity contribution < 1.29 is 9.53 Å². The Morgan fingerprint density at radius 3 is 2.54 bits per heavy atom. The minimum absolute atomic E-state index is 0.0504. The van der Waals surface area contributed by atoms with Gasteiger partial charge < -0.3 is 14.6 Å². The average Bonchev–Trinajstić information content (AvgIpc) is 2.97. The number of aromatic nitrogens is 1. The van der Waals surface area contributed by atoms with Crippen LogP contribution in [-0.4, -0.2) is 17.6 Å². The highest BCUT2D eigenvalue weighted by molar-refractivity contribution is 5.92. The molecule has 2 aromatic carbocycles. The minimum atomic E-state index is -0.0504. The number of amides is 1. The van der Waals surface area contributed by atoms with Crippen molar-refractivity contribution in [1.29, 1.82) is 0 Å². The van der Waals surface area contributed by atoms with E-state index in [9.17, 15) is 4.79 Å². The number of nitrogens with one attached hydrogen (secondary N) is 1. The van der Waals surface area contributed by atoms with E-state index in [-0.39, 0.29) is 12.5 Å². The van der Waals surface area contributed by atoms with Crippen molar-refractivity contribution >= 4 is 22.5 Å². The van der Waals surface area contributed by atoms with Gasteiger partial charge in [-0.3, -0.25) is 4.79 Å². The summed E-state index contributed by atoms with van der Waals surface area (Å²) < 4.78 is 7.09. The molecule has 0 saturated heterocycles. The monoisotopic (exact) mass is 322 g/mol. The van der Waals surface area contributed by atoms with Gasteiger partial charge in [-0.25, -0.2) is 0 Å². The highest BCUT2D eigenvalue weighted by atomic mass is 16.5. The second kappa shape index (κ2) is 6.79. The molecule has 24 heavy (non-hydrogen) atoms. The van der Waals surface area contributed by atoms with E-state index in [2.05, 4.69) is 43.4 Å². The van der Waals surface area contributed by atoms with E-state index >= 15 is 0 Å². The number of fused-ring (bicyclic) bond motifs is 1. The van der Waals surface area contributed by atoms with E-state index in [0.717, 1.165) is 17.0 Å². The summed E-state index contributed by atoms with van der Waals surface area (Å²) in [6.07, 6.45) is 1.96. The van der Waals surface area contributed by atoms with Gasteiger partial charge in [0.05, 0.1) is 7.11 Å². The number of rotatable bonds is 5. The predicted molar refractivity (Wildman–Crippen MR) is 97.7 cm³/mol. The van der Waals surface area contributed by atoms with Gasteiger partial charge in [-0.15, -0.1) is 0 Å².